The summed E-state index contributed by atoms with van der Waals surface area (Å²) >= 11 is 0. The van der Waals surface area contributed by atoms with Crippen LogP contribution < -0.4 is 10.1 Å². The molecule has 1 aliphatic rings. The van der Waals surface area contributed by atoms with Crippen molar-refractivity contribution in [2.24, 2.45) is 7.05 Å². The minimum absolute atomic E-state index is 0.0265. The zero-order valence-corrected chi connectivity index (χ0v) is 12.5. The molecule has 0 saturated carbocycles. The number of rotatable bonds is 3. The topological polar surface area (TPSA) is 56.1 Å². The molecule has 1 N–H and O–H groups in total. The van der Waals surface area contributed by atoms with Crippen molar-refractivity contribution in [2.45, 2.75) is 32.3 Å². The van der Waals surface area contributed by atoms with Crippen LogP contribution >= 0.6 is 0 Å². The number of amides is 1. The number of nitrogens with zero attached hydrogens (tertiary/aromatic N) is 2. The quantitative estimate of drug-likeness (QED) is 0.943. The van der Waals surface area contributed by atoms with Crippen molar-refractivity contribution < 1.29 is 9.53 Å². The summed E-state index contributed by atoms with van der Waals surface area (Å²) in [6, 6.07) is 7.96. The normalized spacial score (nSPS) is 17.5. The van der Waals surface area contributed by atoms with Crippen LogP contribution in [0.1, 0.15) is 37.3 Å². The molecule has 0 saturated heterocycles. The number of fused-ring (bicyclic) bond motifs is 1. The summed E-state index contributed by atoms with van der Waals surface area (Å²) in [6.45, 7) is 4.00. The van der Waals surface area contributed by atoms with E-state index in [0.717, 1.165) is 22.7 Å². The second kappa shape index (κ2) is 5.24. The Labute approximate surface area is 123 Å². The predicted molar refractivity (Wildman–Crippen MR) is 80.5 cm³/mol. The number of carbonyl (C=O) groups excluding carboxylic acids is 1. The lowest BCUT2D eigenvalue weighted by molar-refractivity contribution is -0.116. The van der Waals surface area contributed by atoms with Gasteiger partial charge in [-0.2, -0.15) is 5.10 Å². The van der Waals surface area contributed by atoms with Gasteiger partial charge in [0.05, 0.1) is 12.3 Å². The zero-order chi connectivity index (χ0) is 15.0. The number of carbonyl (C=O) groups is 1. The van der Waals surface area contributed by atoms with E-state index in [1.807, 2.05) is 51.4 Å². The first-order valence-corrected chi connectivity index (χ1v) is 7.13. The summed E-state index contributed by atoms with van der Waals surface area (Å²) in [6.07, 6.45) is 2.43. The van der Waals surface area contributed by atoms with Gasteiger partial charge in [0, 0.05) is 24.9 Å². The Bertz CT molecular complexity index is 659. The third-order valence-electron chi connectivity index (χ3n) is 3.64. The Morgan fingerprint density at radius 3 is 2.71 bits per heavy atom. The molecule has 5 heteroatoms. The summed E-state index contributed by atoms with van der Waals surface area (Å²) < 4.78 is 7.36. The van der Waals surface area contributed by atoms with Crippen LogP contribution in [0.2, 0.25) is 0 Å². The Morgan fingerprint density at radius 2 is 2.05 bits per heavy atom. The van der Waals surface area contributed by atoms with Crippen LogP contribution in [0.25, 0.3) is 0 Å². The molecule has 0 bridgehead atoms. The molecule has 1 atom stereocenters. The molecule has 2 aromatic rings. The van der Waals surface area contributed by atoms with E-state index in [9.17, 15) is 4.79 Å². The van der Waals surface area contributed by atoms with Crippen LogP contribution in [-0.2, 0) is 11.8 Å². The molecular weight excluding hydrogens is 266 g/mol. The fraction of sp³-hybridized carbons (Fsp3) is 0.375. The Balaban J connectivity index is 1.91. The molecule has 21 heavy (non-hydrogen) atoms. The van der Waals surface area contributed by atoms with Crippen molar-refractivity contribution in [3.63, 3.8) is 0 Å². The van der Waals surface area contributed by atoms with E-state index in [1.165, 1.54) is 0 Å². The van der Waals surface area contributed by atoms with Gasteiger partial charge in [-0.05, 0) is 31.5 Å². The van der Waals surface area contributed by atoms with E-state index in [-0.39, 0.29) is 17.9 Å². The van der Waals surface area contributed by atoms with Gasteiger partial charge in [0.15, 0.2) is 0 Å². The molecule has 1 aromatic heterocycles. The maximum absolute atomic E-state index is 11.9. The predicted octanol–water partition coefficient (Wildman–Crippen LogP) is 2.68. The summed E-state index contributed by atoms with van der Waals surface area (Å²) in [5, 5.41) is 7.12. The second-order valence-electron chi connectivity index (χ2n) is 5.61. The Kier molecular flexibility index (Phi) is 3.41. The monoisotopic (exact) mass is 285 g/mol. The first-order valence-electron chi connectivity index (χ1n) is 7.13. The molecule has 0 radical (unpaired) electrons. The number of hydrogen-bond acceptors (Lipinski definition) is 3. The van der Waals surface area contributed by atoms with Gasteiger partial charge >= 0.3 is 0 Å². The smallest absolute Gasteiger partial charge is 0.226 e. The molecule has 1 aromatic carbocycles. The number of aryl methyl sites for hydroxylation is 1. The van der Waals surface area contributed by atoms with Crippen molar-refractivity contribution in [1.82, 2.24) is 9.78 Å². The first-order chi connectivity index (χ1) is 10.0. The van der Waals surface area contributed by atoms with Crippen molar-refractivity contribution in [3.8, 4) is 5.75 Å². The molecule has 1 aliphatic heterocycles. The standard InChI is InChI=1S/C16H19N3O2/c1-10(2)21-12-6-4-11(5-7-12)13-8-15(20)18-16-14(13)9-17-19(16)3/h4-7,9-10,13H,8H2,1-3H3,(H,18,20)/t13-/m0/s1. The number of nitrogens with one attached hydrogen (secondary N) is 1. The Morgan fingerprint density at radius 1 is 1.33 bits per heavy atom. The van der Waals surface area contributed by atoms with Crippen LogP contribution in [0.15, 0.2) is 30.5 Å². The summed E-state index contributed by atoms with van der Waals surface area (Å²) in [5.74, 6) is 1.72. The average molecular weight is 285 g/mol. The minimum Gasteiger partial charge on any atom is -0.491 e. The minimum atomic E-state index is 0.0265. The van der Waals surface area contributed by atoms with Crippen LogP contribution in [0.4, 0.5) is 5.82 Å². The highest BCUT2D eigenvalue weighted by atomic mass is 16.5. The lowest BCUT2D eigenvalue weighted by Crippen LogP contribution is -2.24. The second-order valence-corrected chi connectivity index (χ2v) is 5.61. The van der Waals surface area contributed by atoms with Gasteiger partial charge < -0.3 is 10.1 Å². The number of hydrogen-bond donors (Lipinski definition) is 1. The molecule has 110 valence electrons. The van der Waals surface area contributed by atoms with E-state index in [4.69, 9.17) is 4.74 Å². The highest BCUT2D eigenvalue weighted by Gasteiger charge is 2.29. The highest BCUT2D eigenvalue weighted by Crippen LogP contribution is 2.37. The molecule has 3 rings (SSSR count). The third-order valence-corrected chi connectivity index (χ3v) is 3.64. The average Bonchev–Trinajstić information content (AvgIpc) is 2.80. The third kappa shape index (κ3) is 2.63. The maximum atomic E-state index is 11.9. The molecule has 5 nitrogen and oxygen atoms in total. The number of benzene rings is 1. The van der Waals surface area contributed by atoms with E-state index in [2.05, 4.69) is 10.4 Å². The highest BCUT2D eigenvalue weighted by molar-refractivity contribution is 5.94. The Hall–Kier alpha value is -2.30. The largest absolute Gasteiger partial charge is 0.491 e. The van der Waals surface area contributed by atoms with E-state index in [0.29, 0.717) is 6.42 Å². The molecular formula is C16H19N3O2. The molecule has 0 unspecified atom stereocenters. The van der Waals surface area contributed by atoms with E-state index >= 15 is 0 Å². The van der Waals surface area contributed by atoms with Gasteiger partial charge in [0.1, 0.15) is 11.6 Å². The van der Waals surface area contributed by atoms with Crippen LogP contribution in [0, 0.1) is 0 Å². The van der Waals surface area contributed by atoms with Gasteiger partial charge in [-0.3, -0.25) is 9.48 Å². The fourth-order valence-corrected chi connectivity index (χ4v) is 2.69. The summed E-state index contributed by atoms with van der Waals surface area (Å²) in [5.41, 5.74) is 2.17. The number of anilines is 1. The van der Waals surface area contributed by atoms with Gasteiger partial charge in [-0.25, -0.2) is 0 Å². The molecule has 1 amide bonds. The van der Waals surface area contributed by atoms with E-state index < -0.39 is 0 Å². The number of aromatic nitrogens is 2. The lowest BCUT2D eigenvalue weighted by Gasteiger charge is -2.23. The fourth-order valence-electron chi connectivity index (χ4n) is 2.69. The SMILES string of the molecule is CC(C)Oc1ccc([C@@H]2CC(=O)Nc3c2cnn3C)cc1. The molecule has 0 fully saturated rings. The van der Waals surface area contributed by atoms with Gasteiger partial charge in [0.2, 0.25) is 5.91 Å². The number of ether oxygens (including phenoxy) is 1. The maximum Gasteiger partial charge on any atom is 0.226 e. The summed E-state index contributed by atoms with van der Waals surface area (Å²) in [4.78, 5) is 11.9. The van der Waals surface area contributed by atoms with Gasteiger partial charge in [-0.15, -0.1) is 0 Å². The molecule has 2 heterocycles. The lowest BCUT2D eigenvalue weighted by atomic mass is 9.87. The van der Waals surface area contributed by atoms with Gasteiger partial charge in [-0.1, -0.05) is 12.1 Å². The first kappa shape index (κ1) is 13.7. The van der Waals surface area contributed by atoms with Crippen LogP contribution in [0.5, 0.6) is 5.75 Å². The van der Waals surface area contributed by atoms with Crippen molar-refractivity contribution in [2.75, 3.05) is 5.32 Å². The van der Waals surface area contributed by atoms with Crippen molar-refractivity contribution >= 4 is 11.7 Å². The summed E-state index contributed by atoms with van der Waals surface area (Å²) in [7, 11) is 1.83. The van der Waals surface area contributed by atoms with Gasteiger partial charge in [0.25, 0.3) is 0 Å². The molecule has 0 aliphatic carbocycles. The van der Waals surface area contributed by atoms with Crippen LogP contribution in [0.3, 0.4) is 0 Å². The van der Waals surface area contributed by atoms with Crippen molar-refractivity contribution in [3.05, 3.63) is 41.6 Å². The molecule has 0 spiro atoms. The van der Waals surface area contributed by atoms with E-state index in [1.54, 1.807) is 4.68 Å². The van der Waals surface area contributed by atoms with Crippen LogP contribution in [-0.4, -0.2) is 21.8 Å². The van der Waals surface area contributed by atoms with Crippen molar-refractivity contribution in [1.29, 1.82) is 0 Å². The zero-order valence-electron chi connectivity index (χ0n) is 12.5.